The molecule has 1 atom stereocenters. The average Bonchev–Trinajstić information content (AvgIpc) is 3.24. The van der Waals surface area contributed by atoms with Gasteiger partial charge in [-0.1, -0.05) is 12.1 Å². The number of hydrogen-bond donors (Lipinski definition) is 0. The summed E-state index contributed by atoms with van der Waals surface area (Å²) < 4.78 is 55.4. The number of ether oxygens (including phenoxy) is 2. The van der Waals surface area contributed by atoms with Crippen LogP contribution in [0.3, 0.4) is 0 Å². The highest BCUT2D eigenvalue weighted by Crippen LogP contribution is 2.33. The maximum Gasteiger partial charge on any atom is 0.416 e. The van der Waals surface area contributed by atoms with Gasteiger partial charge in [0.15, 0.2) is 0 Å². The number of aryl methyl sites for hydroxylation is 1. The number of nitrogens with zero attached hydrogens (tertiary/aromatic N) is 2. The Kier molecular flexibility index (Phi) is 8.45. The monoisotopic (exact) mass is 530 g/mol. The first-order chi connectivity index (χ1) is 18.1. The lowest BCUT2D eigenvalue weighted by Crippen LogP contribution is -2.46. The number of hydrogen-bond acceptors (Lipinski definition) is 6. The molecule has 1 aromatic heterocycles. The molecule has 1 aliphatic rings. The fourth-order valence-electron chi connectivity index (χ4n) is 4.79. The highest BCUT2D eigenvalue weighted by molar-refractivity contribution is 5.76. The Bertz CT molecular complexity index is 1240. The van der Waals surface area contributed by atoms with E-state index in [1.807, 2.05) is 38.1 Å². The second kappa shape index (κ2) is 11.6. The maximum absolute atomic E-state index is 12.8. The van der Waals surface area contributed by atoms with Crippen LogP contribution in [0.25, 0.3) is 11.5 Å². The van der Waals surface area contributed by atoms with Crippen LogP contribution in [0.15, 0.2) is 52.9 Å². The smallest absolute Gasteiger partial charge is 0.416 e. The summed E-state index contributed by atoms with van der Waals surface area (Å²) in [7, 11) is 0. The lowest BCUT2D eigenvalue weighted by atomic mass is 9.82. The van der Waals surface area contributed by atoms with Crippen LogP contribution in [-0.4, -0.2) is 42.2 Å². The standard InChI is InChI=1S/C29H33F3N2O4/c1-4-36-27(35)28(3)14-6-15-34(19-28)18-21-7-5-8-24(17-21)37-16-13-25-20(2)38-26(33-25)22-9-11-23(12-10-22)29(30,31)32/h5,7-12,17H,4,6,13-16,18-19H2,1-3H3. The zero-order chi connectivity index (χ0) is 27.3. The maximum atomic E-state index is 12.8. The lowest BCUT2D eigenvalue weighted by molar-refractivity contribution is -0.157. The number of benzene rings is 2. The summed E-state index contributed by atoms with van der Waals surface area (Å²) >= 11 is 0. The highest BCUT2D eigenvalue weighted by Gasteiger charge is 2.39. The topological polar surface area (TPSA) is 64.8 Å². The van der Waals surface area contributed by atoms with Crippen LogP contribution >= 0.6 is 0 Å². The molecule has 0 saturated carbocycles. The molecule has 3 aromatic rings. The Morgan fingerprint density at radius 2 is 1.95 bits per heavy atom. The first-order valence-corrected chi connectivity index (χ1v) is 12.8. The molecule has 0 N–H and O–H groups in total. The molecule has 2 aromatic carbocycles. The van der Waals surface area contributed by atoms with Gasteiger partial charge in [-0.15, -0.1) is 0 Å². The largest absolute Gasteiger partial charge is 0.493 e. The predicted molar refractivity (Wildman–Crippen MR) is 137 cm³/mol. The molecule has 1 saturated heterocycles. The number of piperidine rings is 1. The normalized spacial score (nSPS) is 18.4. The van der Waals surface area contributed by atoms with E-state index in [0.29, 0.717) is 49.7 Å². The van der Waals surface area contributed by atoms with Crippen molar-refractivity contribution in [1.29, 1.82) is 0 Å². The summed E-state index contributed by atoms with van der Waals surface area (Å²) in [6, 6.07) is 12.6. The van der Waals surface area contributed by atoms with Crippen molar-refractivity contribution in [1.82, 2.24) is 9.88 Å². The van der Waals surface area contributed by atoms with E-state index in [1.165, 1.54) is 12.1 Å². The fourth-order valence-corrected chi connectivity index (χ4v) is 4.79. The van der Waals surface area contributed by atoms with Crippen LogP contribution in [0.5, 0.6) is 5.75 Å². The number of rotatable bonds is 9. The number of oxazole rings is 1. The summed E-state index contributed by atoms with van der Waals surface area (Å²) in [5.74, 6) is 1.49. The molecule has 0 aliphatic carbocycles. The second-order valence-electron chi connectivity index (χ2n) is 9.94. The summed E-state index contributed by atoms with van der Waals surface area (Å²) in [4.78, 5) is 19.2. The fraction of sp³-hybridized carbons (Fsp3) is 0.448. The Hall–Kier alpha value is -3.33. The van der Waals surface area contributed by atoms with Gasteiger partial charge >= 0.3 is 12.1 Å². The van der Waals surface area contributed by atoms with Crippen LogP contribution in [0.1, 0.15) is 49.3 Å². The molecule has 1 aliphatic heterocycles. The molecule has 1 unspecified atom stereocenters. The van der Waals surface area contributed by atoms with Crippen molar-refractivity contribution in [3.8, 4) is 17.2 Å². The minimum absolute atomic E-state index is 0.133. The van der Waals surface area contributed by atoms with Crippen LogP contribution < -0.4 is 4.74 Å². The molecule has 0 amide bonds. The van der Waals surface area contributed by atoms with Gasteiger partial charge in [0.2, 0.25) is 5.89 Å². The molecular weight excluding hydrogens is 497 g/mol. The molecule has 38 heavy (non-hydrogen) atoms. The van der Waals surface area contributed by atoms with Crippen LogP contribution in [0, 0.1) is 12.3 Å². The Morgan fingerprint density at radius 3 is 2.66 bits per heavy atom. The van der Waals surface area contributed by atoms with Crippen molar-refractivity contribution in [2.24, 2.45) is 5.41 Å². The number of aromatic nitrogens is 1. The Labute approximate surface area is 220 Å². The van der Waals surface area contributed by atoms with Crippen molar-refractivity contribution >= 4 is 5.97 Å². The number of carbonyl (C=O) groups is 1. The minimum atomic E-state index is -4.39. The third-order valence-corrected chi connectivity index (χ3v) is 6.81. The van der Waals surface area contributed by atoms with E-state index in [-0.39, 0.29) is 11.9 Å². The first-order valence-electron chi connectivity index (χ1n) is 12.8. The molecule has 0 radical (unpaired) electrons. The zero-order valence-electron chi connectivity index (χ0n) is 21.9. The number of likely N-dealkylation sites (tertiary alicyclic amines) is 1. The molecule has 9 heteroatoms. The van der Waals surface area contributed by atoms with E-state index in [2.05, 4.69) is 9.88 Å². The van der Waals surface area contributed by atoms with E-state index >= 15 is 0 Å². The molecular formula is C29H33F3N2O4. The molecule has 204 valence electrons. The minimum Gasteiger partial charge on any atom is -0.493 e. The van der Waals surface area contributed by atoms with E-state index in [4.69, 9.17) is 13.9 Å². The molecule has 2 heterocycles. The van der Waals surface area contributed by atoms with Gasteiger partial charge in [-0.05, 0) is 82.1 Å². The molecule has 0 bridgehead atoms. The number of halogens is 3. The number of alkyl halides is 3. The van der Waals surface area contributed by atoms with Gasteiger partial charge in [-0.3, -0.25) is 9.69 Å². The molecule has 1 fully saturated rings. The third kappa shape index (κ3) is 6.75. The van der Waals surface area contributed by atoms with Crippen molar-refractivity contribution < 1.29 is 31.9 Å². The van der Waals surface area contributed by atoms with Gasteiger partial charge in [0.05, 0.1) is 29.9 Å². The van der Waals surface area contributed by atoms with Gasteiger partial charge in [0.1, 0.15) is 11.5 Å². The van der Waals surface area contributed by atoms with E-state index in [0.717, 1.165) is 42.8 Å². The highest BCUT2D eigenvalue weighted by atomic mass is 19.4. The first kappa shape index (κ1) is 27.7. The molecule has 6 nitrogen and oxygen atoms in total. The van der Waals surface area contributed by atoms with E-state index in [1.54, 1.807) is 6.92 Å². The number of esters is 1. The average molecular weight is 531 g/mol. The van der Waals surface area contributed by atoms with Gasteiger partial charge < -0.3 is 13.9 Å². The summed E-state index contributed by atoms with van der Waals surface area (Å²) in [5, 5.41) is 0. The molecule has 0 spiro atoms. The predicted octanol–water partition coefficient (Wildman–Crippen LogP) is 6.46. The van der Waals surface area contributed by atoms with Crippen LogP contribution in [0.2, 0.25) is 0 Å². The SMILES string of the molecule is CCOC(=O)C1(C)CCCN(Cc2cccc(OCCc3nc(-c4ccc(C(F)(F)F)cc4)oc3C)c2)C1. The van der Waals surface area contributed by atoms with Gasteiger partial charge in [0, 0.05) is 25.1 Å². The second-order valence-corrected chi connectivity index (χ2v) is 9.94. The Morgan fingerprint density at radius 1 is 1.18 bits per heavy atom. The quantitative estimate of drug-likeness (QED) is 0.296. The van der Waals surface area contributed by atoms with Crippen LogP contribution in [0.4, 0.5) is 13.2 Å². The van der Waals surface area contributed by atoms with Gasteiger partial charge in [-0.25, -0.2) is 4.98 Å². The summed E-state index contributed by atoms with van der Waals surface area (Å²) in [5.41, 5.74) is 1.07. The van der Waals surface area contributed by atoms with Gasteiger partial charge in [-0.2, -0.15) is 13.2 Å². The van der Waals surface area contributed by atoms with Crippen LogP contribution in [-0.2, 0) is 28.7 Å². The van der Waals surface area contributed by atoms with Crippen molar-refractivity contribution in [2.45, 2.75) is 52.8 Å². The van der Waals surface area contributed by atoms with Gasteiger partial charge in [0.25, 0.3) is 0 Å². The zero-order valence-corrected chi connectivity index (χ0v) is 21.9. The van der Waals surface area contributed by atoms with Crippen molar-refractivity contribution in [3.05, 3.63) is 71.1 Å². The van der Waals surface area contributed by atoms with Crippen molar-refractivity contribution in [3.63, 3.8) is 0 Å². The Balaban J connectivity index is 1.32. The summed E-state index contributed by atoms with van der Waals surface area (Å²) in [6.07, 6.45) is -2.13. The number of carbonyl (C=O) groups excluding carboxylic acids is 1. The van der Waals surface area contributed by atoms with E-state index in [9.17, 15) is 18.0 Å². The van der Waals surface area contributed by atoms with E-state index < -0.39 is 17.2 Å². The molecule has 4 rings (SSSR count). The van der Waals surface area contributed by atoms with Crippen molar-refractivity contribution in [2.75, 3.05) is 26.3 Å². The summed E-state index contributed by atoms with van der Waals surface area (Å²) in [6.45, 7) is 8.63. The lowest BCUT2D eigenvalue weighted by Gasteiger charge is -2.38. The third-order valence-electron chi connectivity index (χ3n) is 6.81.